The van der Waals surface area contributed by atoms with Crippen LogP contribution in [-0.4, -0.2) is 48.7 Å². The molecule has 630 valence electrons. The third-order valence-corrected chi connectivity index (χ3v) is 35.6. The fourth-order valence-electron chi connectivity index (χ4n) is 13.4. The minimum atomic E-state index is -0.348. The number of unbranched alkanes of at least 4 members (excludes halogenated alkanes) is 4. The molecule has 0 N–H and O–H groups in total. The van der Waals surface area contributed by atoms with E-state index in [4.69, 9.17) is 52.9 Å². The van der Waals surface area contributed by atoms with Gasteiger partial charge in [-0.2, -0.15) is 42.1 Å². The van der Waals surface area contributed by atoms with E-state index in [0.29, 0.717) is 0 Å². The van der Waals surface area contributed by atoms with Crippen LogP contribution in [0.25, 0.3) is 10.8 Å². The molecule has 0 amide bonds. The Morgan fingerprint density at radius 3 is 0.357 bits per heavy atom. The number of benzene rings is 12. The van der Waals surface area contributed by atoms with Gasteiger partial charge in [-0.05, 0) is 148 Å². The third-order valence-electron chi connectivity index (χ3n) is 19.5. The molecule has 126 heavy (non-hydrogen) atoms. The molecule has 0 atom stereocenters. The Morgan fingerprint density at radius 2 is 0.286 bits per heavy atom. The van der Waals surface area contributed by atoms with Crippen molar-refractivity contribution in [2.24, 2.45) is 0 Å². The molecule has 0 spiro atoms. The molecule has 0 radical (unpaired) electrons. The van der Waals surface area contributed by atoms with Gasteiger partial charge in [0.05, 0.1) is 44.6 Å². The molecule has 0 aliphatic heterocycles. The van der Waals surface area contributed by atoms with Crippen LogP contribution in [0.5, 0.6) is 0 Å². The molecule has 2 aliphatic carbocycles. The van der Waals surface area contributed by atoms with Crippen LogP contribution in [0.3, 0.4) is 0 Å². The Balaban J connectivity index is 0.000000241. The van der Waals surface area contributed by atoms with Crippen LogP contribution >= 0.6 is 47.5 Å². The zero-order valence-electron chi connectivity index (χ0n) is 70.9. The molecule has 12 aromatic rings. The second kappa shape index (κ2) is 59.8. The van der Waals surface area contributed by atoms with Crippen molar-refractivity contribution in [3.63, 3.8) is 0 Å². The molecule has 2 aliphatic rings. The van der Waals surface area contributed by atoms with Crippen LogP contribution in [0.2, 0.25) is 0 Å². The Bertz CT molecular complexity index is 4810. The summed E-state index contributed by atoms with van der Waals surface area (Å²) in [4.78, 5) is 0. The van der Waals surface area contributed by atoms with E-state index < -0.39 is 0 Å². The second-order valence-corrected chi connectivity index (χ2v) is 41.5. The van der Waals surface area contributed by atoms with E-state index >= 15 is 0 Å². The molecule has 0 unspecified atom stereocenters. The molecule has 0 aromatic heterocycles. The van der Waals surface area contributed by atoms with Gasteiger partial charge in [-0.1, -0.05) is 430 Å². The average Bonchev–Trinajstić information content (AvgIpc) is 1.64. The molecule has 0 saturated carbocycles. The number of rotatable bonds is 25. The number of nitriles is 8. The first-order valence-electron chi connectivity index (χ1n) is 41.1. The first-order chi connectivity index (χ1) is 61.1. The van der Waals surface area contributed by atoms with Crippen molar-refractivity contribution in [3.05, 3.63) is 431 Å². The van der Waals surface area contributed by atoms with Crippen molar-refractivity contribution in [2.75, 3.05) is 37.0 Å². The standard InChI is InChI=1S/3C26H24P2.2C10N5.2C5H12.2Cu/c3*1-5-13-23(14-6-1)27(24-15-7-2-8-16-24)21-22-28(25-17-9-3-10-18-25)26-19-11-4-12-20-26;2*11-1-6-7(2-12)9(4-14)10(5-15)8(6)3-13;2*1-3-5-4-2;;/h3*1-20H,21-22H2;;;2*3-5H2,1-2H3;;/q;;;2*-1;;;2*+1. The van der Waals surface area contributed by atoms with E-state index in [-0.39, 0.29) is 137 Å². The summed E-state index contributed by atoms with van der Waals surface area (Å²) < 4.78 is 0. The molecule has 0 heterocycles. The first kappa shape index (κ1) is 103. The van der Waals surface area contributed by atoms with Crippen LogP contribution < -0.4 is 63.7 Å². The van der Waals surface area contributed by atoms with Gasteiger partial charge in [0.25, 0.3) is 0 Å². The third kappa shape index (κ3) is 31.0. The van der Waals surface area contributed by atoms with Gasteiger partial charge in [0, 0.05) is 11.1 Å². The fourth-order valence-corrected chi connectivity index (χ4v) is 29.5. The van der Waals surface area contributed by atoms with Crippen LogP contribution in [0, 0.1) is 90.6 Å². The summed E-state index contributed by atoms with van der Waals surface area (Å²) in [5, 5.41) is 105. The van der Waals surface area contributed by atoms with Gasteiger partial charge in [0.2, 0.25) is 0 Å². The van der Waals surface area contributed by atoms with Crippen molar-refractivity contribution in [1.82, 2.24) is 0 Å². The quantitative estimate of drug-likeness (QED) is 0.0302. The van der Waals surface area contributed by atoms with Gasteiger partial charge in [-0.15, -0.1) is 0 Å². The van der Waals surface area contributed by atoms with Crippen LogP contribution in [0.1, 0.15) is 66.2 Å². The SMILES string of the molecule is CCCCC.CCCCC.N#CC1=C(C#N)C(C#N)=C(C#N)C1=C=[N-].N#CC1=C(C#N)C(C#N)=C(C#N)C1=C=[N-].[Cu+].[Cu+].c1ccc(P(CCP(c2ccccc2)c2ccccc2)c2ccccc2)cc1.c1ccc(P(CCP(c2ccccc2)c2ccccc2)c2ccccc2)cc1.c1ccc(P(CCP(c2ccccc2)c2ccccc2)c2ccccc2)cc1. The topological polar surface area (TPSA) is 235 Å². The Labute approximate surface area is 775 Å². The summed E-state index contributed by atoms with van der Waals surface area (Å²) in [7, 11) is -2.09. The molecule has 14 rings (SSSR count). The summed E-state index contributed by atoms with van der Waals surface area (Å²) in [5.41, 5.74) is -2.01. The predicted molar refractivity (Wildman–Crippen MR) is 531 cm³/mol. The van der Waals surface area contributed by atoms with Crippen molar-refractivity contribution < 1.29 is 34.1 Å². The van der Waals surface area contributed by atoms with E-state index in [1.165, 1.54) is 139 Å². The van der Waals surface area contributed by atoms with Gasteiger partial charge < -0.3 is 10.8 Å². The van der Waals surface area contributed by atoms with E-state index in [0.717, 1.165) is 0 Å². The number of nitrogens with zero attached hydrogens (tertiary/aromatic N) is 10. The van der Waals surface area contributed by atoms with Gasteiger partial charge in [0.1, 0.15) is 48.6 Å². The average molecular weight is 1850 g/mol. The van der Waals surface area contributed by atoms with E-state index in [9.17, 15) is 0 Å². The smallest absolute Gasteiger partial charge is 0.763 e. The number of allylic oxidation sites excluding steroid dienone is 10. The molecule has 0 saturated heterocycles. The summed E-state index contributed by atoms with van der Waals surface area (Å²) in [6, 6.07) is 146. The Kier molecular flexibility index (Phi) is 48.8. The normalized spacial score (nSPS) is 11.3. The zero-order valence-corrected chi connectivity index (χ0v) is 78.1. The minimum absolute atomic E-state index is 0. The second-order valence-electron chi connectivity index (χ2n) is 27.5. The molecule has 12 aromatic carbocycles. The van der Waals surface area contributed by atoms with Gasteiger partial charge >= 0.3 is 34.1 Å². The molecule has 0 bridgehead atoms. The molecule has 10 nitrogen and oxygen atoms in total. The largest absolute Gasteiger partial charge is 1.00 e. The van der Waals surface area contributed by atoms with E-state index in [1.807, 2.05) is 0 Å². The maximum Gasteiger partial charge on any atom is 1.00 e. The maximum atomic E-state index is 8.72. The molecular formula is C108H96Cu2N10P6. The van der Waals surface area contributed by atoms with Crippen molar-refractivity contribution in [1.29, 1.82) is 42.1 Å². The molecular weight excluding hydrogens is 1750 g/mol. The first-order valence-corrected chi connectivity index (χ1v) is 50.2. The summed E-state index contributed by atoms with van der Waals surface area (Å²) in [5.74, 6) is 3.30. The van der Waals surface area contributed by atoms with E-state index in [1.54, 1.807) is 60.3 Å². The Hall–Kier alpha value is -12.0. The van der Waals surface area contributed by atoms with Crippen LogP contribution in [0.4, 0.5) is 0 Å². The monoisotopic (exact) mass is 1840 g/mol. The van der Waals surface area contributed by atoms with Gasteiger partial charge in [0.15, 0.2) is 0 Å². The number of hydrogen-bond donors (Lipinski definition) is 0. The molecule has 18 heteroatoms. The van der Waals surface area contributed by atoms with E-state index in [2.05, 4.69) is 392 Å². The Morgan fingerprint density at radius 1 is 0.183 bits per heavy atom. The maximum absolute atomic E-state index is 8.72. The summed E-state index contributed by atoms with van der Waals surface area (Å²) >= 11 is 0. The number of hydrogen-bond acceptors (Lipinski definition) is 8. The molecule has 0 fully saturated rings. The van der Waals surface area contributed by atoms with Crippen LogP contribution in [-0.2, 0) is 34.1 Å². The minimum Gasteiger partial charge on any atom is -0.763 e. The van der Waals surface area contributed by atoms with Crippen molar-refractivity contribution >= 4 is 123 Å². The predicted octanol–water partition coefficient (Wildman–Crippen LogP) is 21.9. The summed E-state index contributed by atoms with van der Waals surface area (Å²) in [6.07, 6.45) is 15.4. The van der Waals surface area contributed by atoms with Crippen LogP contribution in [0.15, 0.2) is 420 Å². The van der Waals surface area contributed by atoms with Crippen molar-refractivity contribution in [3.8, 4) is 48.6 Å². The van der Waals surface area contributed by atoms with Crippen molar-refractivity contribution in [2.45, 2.75) is 66.2 Å². The van der Waals surface area contributed by atoms with Gasteiger partial charge in [-0.3, -0.25) is 11.7 Å². The zero-order chi connectivity index (χ0) is 88.1. The fraction of sp³-hybridized carbons (Fsp3) is 0.148. The summed E-state index contributed by atoms with van der Waals surface area (Å²) in [6.45, 7) is 8.85. The van der Waals surface area contributed by atoms with Gasteiger partial charge in [-0.25, -0.2) is 0 Å².